The molecule has 3 rings (SSSR count). The quantitative estimate of drug-likeness (QED) is 0.863. The van der Waals surface area contributed by atoms with E-state index in [-0.39, 0.29) is 5.97 Å². The average molecular weight is 294 g/mol. The minimum absolute atomic E-state index is 0.0940. The zero-order valence-electron chi connectivity index (χ0n) is 11.9. The topological polar surface area (TPSA) is 41.6 Å². The third-order valence-electron chi connectivity index (χ3n) is 4.68. The number of carbonyl (C=O) groups excluding carboxylic acids is 1. The van der Waals surface area contributed by atoms with Gasteiger partial charge in [-0.1, -0.05) is 12.5 Å². The van der Waals surface area contributed by atoms with Gasteiger partial charge in [-0.15, -0.1) is 11.3 Å². The Balaban J connectivity index is 1.79. The van der Waals surface area contributed by atoms with Gasteiger partial charge in [0.25, 0.3) is 0 Å². The van der Waals surface area contributed by atoms with Gasteiger partial charge in [-0.05, 0) is 37.3 Å². The molecule has 2 aliphatic heterocycles. The van der Waals surface area contributed by atoms with Gasteiger partial charge in [0.2, 0.25) is 0 Å². The fourth-order valence-corrected chi connectivity index (χ4v) is 4.30. The van der Waals surface area contributed by atoms with Crippen LogP contribution in [0.2, 0.25) is 0 Å². The lowest BCUT2D eigenvalue weighted by Gasteiger charge is -2.39. The van der Waals surface area contributed by atoms with Crippen LogP contribution in [0.4, 0.5) is 0 Å². The first-order valence-electron chi connectivity index (χ1n) is 7.36. The highest BCUT2D eigenvalue weighted by Crippen LogP contribution is 2.36. The highest BCUT2D eigenvalue weighted by Gasteiger charge is 2.53. The number of nitrogens with zero attached hydrogens (tertiary/aromatic N) is 1. The van der Waals surface area contributed by atoms with Crippen LogP contribution in [0.25, 0.3) is 0 Å². The lowest BCUT2D eigenvalue weighted by molar-refractivity contribution is -0.150. The molecule has 0 spiro atoms. The van der Waals surface area contributed by atoms with Crippen LogP contribution in [0.1, 0.15) is 30.6 Å². The lowest BCUT2D eigenvalue weighted by Crippen LogP contribution is -2.61. The van der Waals surface area contributed by atoms with Gasteiger partial charge in [-0.2, -0.15) is 0 Å². The Labute approximate surface area is 124 Å². The van der Waals surface area contributed by atoms with E-state index < -0.39 is 5.54 Å². The minimum atomic E-state index is -0.515. The second-order valence-electron chi connectivity index (χ2n) is 5.69. The van der Waals surface area contributed by atoms with Crippen molar-refractivity contribution in [1.29, 1.82) is 0 Å². The Bertz CT molecular complexity index is 462. The van der Waals surface area contributed by atoms with E-state index in [4.69, 9.17) is 4.74 Å². The van der Waals surface area contributed by atoms with Crippen LogP contribution in [0.15, 0.2) is 17.5 Å². The van der Waals surface area contributed by atoms with Crippen molar-refractivity contribution >= 4 is 17.3 Å². The van der Waals surface area contributed by atoms with Gasteiger partial charge in [0.1, 0.15) is 5.54 Å². The van der Waals surface area contributed by atoms with Crippen molar-refractivity contribution in [3.63, 3.8) is 0 Å². The molecule has 0 radical (unpaired) electrons. The van der Waals surface area contributed by atoms with Crippen molar-refractivity contribution in [3.05, 3.63) is 22.4 Å². The number of piperidine rings is 1. The summed E-state index contributed by atoms with van der Waals surface area (Å²) in [6.07, 6.45) is 4.40. The van der Waals surface area contributed by atoms with Crippen molar-refractivity contribution in [1.82, 2.24) is 10.2 Å². The molecule has 1 aromatic heterocycles. The third kappa shape index (κ3) is 2.38. The SMILES string of the molecule is COC(=O)C1(NCc2cccs2)CCN2CCCCC21. The van der Waals surface area contributed by atoms with Crippen molar-refractivity contribution < 1.29 is 9.53 Å². The molecule has 5 heteroatoms. The summed E-state index contributed by atoms with van der Waals surface area (Å²) in [6.45, 7) is 2.86. The summed E-state index contributed by atoms with van der Waals surface area (Å²) in [5, 5.41) is 5.61. The number of methoxy groups -OCH3 is 1. The fourth-order valence-electron chi connectivity index (χ4n) is 3.66. The molecule has 1 N–H and O–H groups in total. The summed E-state index contributed by atoms with van der Waals surface area (Å²) in [6, 6.07) is 4.45. The summed E-state index contributed by atoms with van der Waals surface area (Å²) in [5.74, 6) is -0.0940. The summed E-state index contributed by atoms with van der Waals surface area (Å²) in [4.78, 5) is 16.2. The van der Waals surface area contributed by atoms with Gasteiger partial charge in [0, 0.05) is 24.0 Å². The van der Waals surface area contributed by atoms with Crippen LogP contribution in [-0.2, 0) is 16.1 Å². The van der Waals surface area contributed by atoms with E-state index >= 15 is 0 Å². The Hall–Kier alpha value is -0.910. The van der Waals surface area contributed by atoms with Gasteiger partial charge < -0.3 is 4.74 Å². The minimum Gasteiger partial charge on any atom is -0.468 e. The summed E-state index contributed by atoms with van der Waals surface area (Å²) >= 11 is 1.73. The fraction of sp³-hybridized carbons (Fsp3) is 0.667. The molecule has 3 heterocycles. The Kier molecular flexibility index (Phi) is 4.10. The van der Waals surface area contributed by atoms with Crippen LogP contribution in [0.3, 0.4) is 0 Å². The van der Waals surface area contributed by atoms with E-state index in [0.717, 1.165) is 32.5 Å². The highest BCUT2D eigenvalue weighted by molar-refractivity contribution is 7.09. The molecule has 2 fully saturated rings. The largest absolute Gasteiger partial charge is 0.468 e. The lowest BCUT2D eigenvalue weighted by atomic mass is 9.85. The number of nitrogens with one attached hydrogen (secondary N) is 1. The molecular weight excluding hydrogens is 272 g/mol. The average Bonchev–Trinajstić information content (AvgIpc) is 3.13. The van der Waals surface area contributed by atoms with Gasteiger partial charge in [0.15, 0.2) is 0 Å². The highest BCUT2D eigenvalue weighted by atomic mass is 32.1. The predicted molar refractivity (Wildman–Crippen MR) is 79.7 cm³/mol. The van der Waals surface area contributed by atoms with E-state index in [1.807, 2.05) is 6.07 Å². The second-order valence-corrected chi connectivity index (χ2v) is 6.73. The van der Waals surface area contributed by atoms with Crippen LogP contribution in [-0.4, -0.2) is 42.6 Å². The molecule has 1 aromatic rings. The van der Waals surface area contributed by atoms with E-state index in [1.54, 1.807) is 11.3 Å². The van der Waals surface area contributed by atoms with Crippen LogP contribution >= 0.6 is 11.3 Å². The molecular formula is C15H22N2O2S. The summed E-state index contributed by atoms with van der Waals surface area (Å²) in [5.41, 5.74) is -0.515. The number of thiophene rings is 1. The van der Waals surface area contributed by atoms with E-state index in [2.05, 4.69) is 21.7 Å². The molecule has 0 aliphatic carbocycles. The monoisotopic (exact) mass is 294 g/mol. The smallest absolute Gasteiger partial charge is 0.327 e. The number of hydrogen-bond acceptors (Lipinski definition) is 5. The second kappa shape index (κ2) is 5.84. The zero-order chi connectivity index (χ0) is 14.0. The first-order chi connectivity index (χ1) is 9.76. The molecule has 2 aliphatic rings. The maximum Gasteiger partial charge on any atom is 0.327 e. The number of rotatable bonds is 4. The number of ether oxygens (including phenoxy) is 1. The first-order valence-corrected chi connectivity index (χ1v) is 8.24. The molecule has 4 nitrogen and oxygen atoms in total. The molecule has 2 atom stereocenters. The Morgan fingerprint density at radius 2 is 2.45 bits per heavy atom. The predicted octanol–water partition coefficient (Wildman–Crippen LogP) is 2.01. The molecule has 20 heavy (non-hydrogen) atoms. The molecule has 0 saturated carbocycles. The van der Waals surface area contributed by atoms with E-state index in [9.17, 15) is 4.79 Å². The molecule has 2 saturated heterocycles. The van der Waals surface area contributed by atoms with E-state index in [1.165, 1.54) is 24.8 Å². The summed E-state index contributed by atoms with van der Waals surface area (Å²) in [7, 11) is 1.50. The maximum atomic E-state index is 12.4. The van der Waals surface area contributed by atoms with Gasteiger partial charge in [-0.3, -0.25) is 10.2 Å². The van der Waals surface area contributed by atoms with Crippen molar-refractivity contribution in [2.75, 3.05) is 20.2 Å². The number of hydrogen-bond donors (Lipinski definition) is 1. The summed E-state index contributed by atoms with van der Waals surface area (Å²) < 4.78 is 5.13. The molecule has 0 aromatic carbocycles. The Morgan fingerprint density at radius 1 is 1.55 bits per heavy atom. The van der Waals surface area contributed by atoms with Crippen LogP contribution in [0.5, 0.6) is 0 Å². The normalized spacial score (nSPS) is 30.1. The zero-order valence-corrected chi connectivity index (χ0v) is 12.7. The van der Waals surface area contributed by atoms with Gasteiger partial charge >= 0.3 is 5.97 Å². The standard InChI is InChI=1S/C15H22N2O2S/c1-19-14(18)15(16-11-12-5-4-10-20-12)7-9-17-8-3-2-6-13(15)17/h4-5,10,13,16H,2-3,6-9,11H2,1H3. The first kappa shape index (κ1) is 14.0. The number of fused-ring (bicyclic) bond motifs is 1. The van der Waals surface area contributed by atoms with E-state index in [0.29, 0.717) is 6.04 Å². The third-order valence-corrected chi connectivity index (χ3v) is 5.56. The van der Waals surface area contributed by atoms with Gasteiger partial charge in [-0.25, -0.2) is 4.79 Å². The molecule has 2 unspecified atom stereocenters. The number of carbonyl (C=O) groups is 1. The van der Waals surface area contributed by atoms with Crippen LogP contribution in [0, 0.1) is 0 Å². The Morgan fingerprint density at radius 3 is 3.20 bits per heavy atom. The molecule has 0 bridgehead atoms. The van der Waals surface area contributed by atoms with Crippen molar-refractivity contribution in [2.45, 2.75) is 43.8 Å². The number of esters is 1. The molecule has 110 valence electrons. The van der Waals surface area contributed by atoms with Crippen molar-refractivity contribution in [2.24, 2.45) is 0 Å². The molecule has 0 amide bonds. The van der Waals surface area contributed by atoms with Crippen LogP contribution < -0.4 is 5.32 Å². The maximum absolute atomic E-state index is 12.4. The van der Waals surface area contributed by atoms with Crippen molar-refractivity contribution in [3.8, 4) is 0 Å². The van der Waals surface area contributed by atoms with Gasteiger partial charge in [0.05, 0.1) is 7.11 Å².